The van der Waals surface area contributed by atoms with Crippen LogP contribution in [0.5, 0.6) is 0 Å². The average molecular weight is 249 g/mol. The summed E-state index contributed by atoms with van der Waals surface area (Å²) < 4.78 is 5.12. The Bertz CT molecular complexity index is 484. The summed E-state index contributed by atoms with van der Waals surface area (Å²) in [5.41, 5.74) is 1.09. The molecule has 0 amide bonds. The zero-order valence-electron chi connectivity index (χ0n) is 9.93. The van der Waals surface area contributed by atoms with Crippen LogP contribution in [0.25, 0.3) is 0 Å². The standard InChI is InChI=1S/C12H15N3OS/c1-3-11-14-12(16-15-11)8-13-9-6-4-5-7-10(9)17-2/h4-7,13H,3,8H2,1-2H3. The Morgan fingerprint density at radius 2 is 2.18 bits per heavy atom. The van der Waals surface area contributed by atoms with E-state index in [-0.39, 0.29) is 0 Å². The van der Waals surface area contributed by atoms with Crippen molar-refractivity contribution in [3.63, 3.8) is 0 Å². The molecule has 17 heavy (non-hydrogen) atoms. The molecule has 0 saturated carbocycles. The van der Waals surface area contributed by atoms with Crippen LogP contribution in [0.3, 0.4) is 0 Å². The largest absolute Gasteiger partial charge is 0.375 e. The molecule has 5 heteroatoms. The Hall–Kier alpha value is -1.49. The van der Waals surface area contributed by atoms with Gasteiger partial charge in [0.25, 0.3) is 0 Å². The Morgan fingerprint density at radius 1 is 1.35 bits per heavy atom. The first kappa shape index (κ1) is 12.0. The highest BCUT2D eigenvalue weighted by Gasteiger charge is 2.05. The number of hydrogen-bond donors (Lipinski definition) is 1. The molecular formula is C12H15N3OS. The molecule has 1 heterocycles. The minimum Gasteiger partial charge on any atom is -0.375 e. The molecule has 1 aromatic carbocycles. The van der Waals surface area contributed by atoms with Crippen LogP contribution in [0.4, 0.5) is 5.69 Å². The van der Waals surface area contributed by atoms with Gasteiger partial charge in [-0.1, -0.05) is 24.2 Å². The van der Waals surface area contributed by atoms with Gasteiger partial charge in [0.1, 0.15) is 0 Å². The van der Waals surface area contributed by atoms with Gasteiger partial charge in [0.2, 0.25) is 5.89 Å². The topological polar surface area (TPSA) is 51.0 Å². The van der Waals surface area contributed by atoms with Gasteiger partial charge in [-0.2, -0.15) is 4.98 Å². The summed E-state index contributed by atoms with van der Waals surface area (Å²) in [6.45, 7) is 2.57. The van der Waals surface area contributed by atoms with Crippen molar-refractivity contribution in [2.75, 3.05) is 11.6 Å². The zero-order valence-corrected chi connectivity index (χ0v) is 10.8. The molecule has 0 saturated heterocycles. The van der Waals surface area contributed by atoms with E-state index in [4.69, 9.17) is 4.52 Å². The van der Waals surface area contributed by atoms with Crippen LogP contribution >= 0.6 is 11.8 Å². The van der Waals surface area contributed by atoms with Crippen LogP contribution in [0.1, 0.15) is 18.6 Å². The predicted octanol–water partition coefficient (Wildman–Crippen LogP) is 2.97. The molecule has 4 nitrogen and oxygen atoms in total. The van der Waals surface area contributed by atoms with E-state index < -0.39 is 0 Å². The lowest BCUT2D eigenvalue weighted by Gasteiger charge is -2.07. The molecule has 0 aliphatic carbocycles. The molecule has 0 unspecified atom stereocenters. The van der Waals surface area contributed by atoms with Gasteiger partial charge in [-0.05, 0) is 18.4 Å². The SMILES string of the molecule is CCc1noc(CNc2ccccc2SC)n1. The lowest BCUT2D eigenvalue weighted by Crippen LogP contribution is -2.00. The monoisotopic (exact) mass is 249 g/mol. The van der Waals surface area contributed by atoms with E-state index in [0.29, 0.717) is 12.4 Å². The lowest BCUT2D eigenvalue weighted by atomic mass is 10.3. The van der Waals surface area contributed by atoms with E-state index in [1.165, 1.54) is 4.90 Å². The molecule has 1 N–H and O–H groups in total. The number of aromatic nitrogens is 2. The number of anilines is 1. The van der Waals surface area contributed by atoms with Crippen LogP contribution in [-0.2, 0) is 13.0 Å². The highest BCUT2D eigenvalue weighted by Crippen LogP contribution is 2.24. The van der Waals surface area contributed by atoms with Gasteiger partial charge in [0, 0.05) is 17.0 Å². The summed E-state index contributed by atoms with van der Waals surface area (Å²) in [5.74, 6) is 1.37. The molecule has 0 spiro atoms. The van der Waals surface area contributed by atoms with Gasteiger partial charge in [-0.3, -0.25) is 0 Å². The Kier molecular flexibility index (Phi) is 4.03. The van der Waals surface area contributed by atoms with Crippen molar-refractivity contribution in [3.8, 4) is 0 Å². The van der Waals surface area contributed by atoms with Crippen molar-refractivity contribution in [1.29, 1.82) is 0 Å². The second kappa shape index (κ2) is 5.72. The summed E-state index contributed by atoms with van der Waals surface area (Å²) in [5, 5.41) is 7.16. The van der Waals surface area contributed by atoms with Gasteiger partial charge >= 0.3 is 0 Å². The van der Waals surface area contributed by atoms with Crippen molar-refractivity contribution >= 4 is 17.4 Å². The fourth-order valence-electron chi connectivity index (χ4n) is 1.47. The smallest absolute Gasteiger partial charge is 0.245 e. The maximum Gasteiger partial charge on any atom is 0.245 e. The van der Waals surface area contributed by atoms with Crippen molar-refractivity contribution < 1.29 is 4.52 Å². The van der Waals surface area contributed by atoms with Crippen LogP contribution in [0.15, 0.2) is 33.7 Å². The maximum atomic E-state index is 5.12. The third-order valence-electron chi connectivity index (χ3n) is 2.36. The molecule has 0 aliphatic rings. The highest BCUT2D eigenvalue weighted by molar-refractivity contribution is 7.98. The summed E-state index contributed by atoms with van der Waals surface area (Å²) >= 11 is 1.71. The van der Waals surface area contributed by atoms with E-state index >= 15 is 0 Å². The van der Waals surface area contributed by atoms with Gasteiger partial charge in [-0.15, -0.1) is 11.8 Å². The number of rotatable bonds is 5. The van der Waals surface area contributed by atoms with Gasteiger partial charge < -0.3 is 9.84 Å². The van der Waals surface area contributed by atoms with E-state index in [9.17, 15) is 0 Å². The minimum absolute atomic E-state index is 0.560. The van der Waals surface area contributed by atoms with E-state index in [1.54, 1.807) is 11.8 Å². The number of nitrogens with one attached hydrogen (secondary N) is 1. The number of para-hydroxylation sites is 1. The number of aryl methyl sites for hydroxylation is 1. The Labute approximate surface area is 105 Å². The summed E-state index contributed by atoms with van der Waals surface area (Å²) in [7, 11) is 0. The van der Waals surface area contributed by atoms with E-state index in [0.717, 1.165) is 17.9 Å². The highest BCUT2D eigenvalue weighted by atomic mass is 32.2. The normalized spacial score (nSPS) is 10.5. The maximum absolute atomic E-state index is 5.12. The number of nitrogens with zero attached hydrogens (tertiary/aromatic N) is 2. The average Bonchev–Trinajstić information content (AvgIpc) is 2.84. The van der Waals surface area contributed by atoms with Crippen molar-refractivity contribution in [2.45, 2.75) is 24.8 Å². The zero-order chi connectivity index (χ0) is 12.1. The van der Waals surface area contributed by atoms with E-state index in [1.807, 2.05) is 25.1 Å². The van der Waals surface area contributed by atoms with E-state index in [2.05, 4.69) is 27.8 Å². The first-order valence-electron chi connectivity index (χ1n) is 5.52. The third kappa shape index (κ3) is 3.00. The lowest BCUT2D eigenvalue weighted by molar-refractivity contribution is 0.378. The molecule has 0 radical (unpaired) electrons. The number of thioether (sulfide) groups is 1. The molecule has 0 fully saturated rings. The quantitative estimate of drug-likeness (QED) is 0.826. The van der Waals surface area contributed by atoms with Crippen LogP contribution < -0.4 is 5.32 Å². The predicted molar refractivity (Wildman–Crippen MR) is 69.2 cm³/mol. The molecule has 0 aliphatic heterocycles. The van der Waals surface area contributed by atoms with Crippen LogP contribution in [0.2, 0.25) is 0 Å². The van der Waals surface area contributed by atoms with Crippen molar-refractivity contribution in [3.05, 3.63) is 36.0 Å². The molecule has 0 atom stereocenters. The van der Waals surface area contributed by atoms with Crippen molar-refractivity contribution in [2.24, 2.45) is 0 Å². The van der Waals surface area contributed by atoms with Crippen LogP contribution in [0, 0.1) is 0 Å². The van der Waals surface area contributed by atoms with Gasteiger partial charge in [0.05, 0.1) is 6.54 Å². The van der Waals surface area contributed by atoms with Crippen LogP contribution in [-0.4, -0.2) is 16.4 Å². The third-order valence-corrected chi connectivity index (χ3v) is 3.16. The molecule has 2 rings (SSSR count). The molecular weight excluding hydrogens is 234 g/mol. The second-order valence-corrected chi connectivity index (χ2v) is 4.36. The number of hydrogen-bond acceptors (Lipinski definition) is 5. The fourth-order valence-corrected chi connectivity index (χ4v) is 2.04. The summed E-state index contributed by atoms with van der Waals surface area (Å²) in [6, 6.07) is 8.16. The number of benzene rings is 1. The fraction of sp³-hybridized carbons (Fsp3) is 0.333. The second-order valence-electron chi connectivity index (χ2n) is 3.51. The molecule has 2 aromatic rings. The van der Waals surface area contributed by atoms with Gasteiger partial charge in [-0.25, -0.2) is 0 Å². The summed E-state index contributed by atoms with van der Waals surface area (Å²) in [6.07, 6.45) is 2.85. The summed E-state index contributed by atoms with van der Waals surface area (Å²) in [4.78, 5) is 5.46. The molecule has 0 bridgehead atoms. The Morgan fingerprint density at radius 3 is 2.88 bits per heavy atom. The molecule has 1 aromatic heterocycles. The Balaban J connectivity index is 2.01. The minimum atomic E-state index is 0.560. The van der Waals surface area contributed by atoms with Crippen molar-refractivity contribution in [1.82, 2.24) is 10.1 Å². The first-order chi connectivity index (χ1) is 8.33. The van der Waals surface area contributed by atoms with Gasteiger partial charge in [0.15, 0.2) is 5.82 Å². The first-order valence-corrected chi connectivity index (χ1v) is 6.74. The molecule has 90 valence electrons.